The number of methoxy groups -OCH3 is 1. The molecular weight excluding hydrogens is 289 g/mol. The van der Waals surface area contributed by atoms with Gasteiger partial charge in [-0.15, -0.1) is 24.8 Å². The molecule has 0 aromatic heterocycles. The van der Waals surface area contributed by atoms with Gasteiger partial charge in [-0.25, -0.2) is 0 Å². The highest BCUT2D eigenvalue weighted by Crippen LogP contribution is 2.29. The van der Waals surface area contributed by atoms with E-state index in [1.807, 2.05) is 4.90 Å². The molecule has 114 valence electrons. The Bertz CT molecular complexity index is 270. The first-order valence-electron chi connectivity index (χ1n) is 6.46. The van der Waals surface area contributed by atoms with Crippen molar-refractivity contribution in [3.05, 3.63) is 0 Å². The van der Waals surface area contributed by atoms with E-state index in [0.29, 0.717) is 6.61 Å². The lowest BCUT2D eigenvalue weighted by Gasteiger charge is -2.35. The van der Waals surface area contributed by atoms with Crippen molar-refractivity contribution in [1.82, 2.24) is 9.80 Å². The van der Waals surface area contributed by atoms with E-state index in [9.17, 15) is 4.79 Å². The summed E-state index contributed by atoms with van der Waals surface area (Å²) in [6.07, 6.45) is 2.77. The molecule has 1 aliphatic heterocycles. The van der Waals surface area contributed by atoms with Crippen LogP contribution in [0.3, 0.4) is 0 Å². The van der Waals surface area contributed by atoms with Gasteiger partial charge in [-0.3, -0.25) is 9.69 Å². The smallest absolute Gasteiger partial charge is 0.241 e. The minimum absolute atomic E-state index is 0. The molecule has 0 radical (unpaired) electrons. The number of carbonyl (C=O) groups excluding carboxylic acids is 1. The second-order valence-electron chi connectivity index (χ2n) is 5.13. The minimum Gasteiger partial charge on any atom is -0.383 e. The van der Waals surface area contributed by atoms with Gasteiger partial charge in [0.1, 0.15) is 6.04 Å². The van der Waals surface area contributed by atoms with Gasteiger partial charge in [-0.05, 0) is 18.8 Å². The maximum Gasteiger partial charge on any atom is 0.241 e. The van der Waals surface area contributed by atoms with Gasteiger partial charge < -0.3 is 15.4 Å². The molecule has 1 saturated heterocycles. The minimum atomic E-state index is -0.505. The van der Waals surface area contributed by atoms with Crippen LogP contribution in [0.4, 0.5) is 0 Å². The first kappa shape index (κ1) is 18.9. The third kappa shape index (κ3) is 5.83. The molecule has 1 amide bonds. The number of hydrogen-bond donors (Lipinski definition) is 1. The van der Waals surface area contributed by atoms with E-state index < -0.39 is 6.04 Å². The highest BCUT2D eigenvalue weighted by molar-refractivity contribution is 5.85. The van der Waals surface area contributed by atoms with E-state index in [4.69, 9.17) is 10.5 Å². The maximum absolute atomic E-state index is 11.9. The van der Waals surface area contributed by atoms with E-state index in [1.54, 1.807) is 7.11 Å². The summed E-state index contributed by atoms with van der Waals surface area (Å²) in [6.45, 7) is 5.11. The van der Waals surface area contributed by atoms with Gasteiger partial charge in [0.15, 0.2) is 0 Å². The Morgan fingerprint density at radius 1 is 1.26 bits per heavy atom. The zero-order valence-electron chi connectivity index (χ0n) is 11.4. The van der Waals surface area contributed by atoms with Crippen LogP contribution in [0, 0.1) is 5.92 Å². The van der Waals surface area contributed by atoms with Crippen LogP contribution < -0.4 is 5.73 Å². The molecule has 2 N–H and O–H groups in total. The van der Waals surface area contributed by atoms with Gasteiger partial charge in [-0.2, -0.15) is 0 Å². The van der Waals surface area contributed by atoms with E-state index in [1.165, 1.54) is 19.4 Å². The molecule has 7 heteroatoms. The third-order valence-corrected chi connectivity index (χ3v) is 3.56. The summed E-state index contributed by atoms with van der Waals surface area (Å²) in [4.78, 5) is 16.3. The molecular formula is C12H25Cl2N3O2. The molecule has 2 fully saturated rings. The lowest BCUT2D eigenvalue weighted by atomic mass is 10.2. The molecule has 1 atom stereocenters. The first-order chi connectivity index (χ1) is 8.20. The molecule has 1 saturated carbocycles. The zero-order chi connectivity index (χ0) is 12.3. The monoisotopic (exact) mass is 313 g/mol. The molecule has 2 aliphatic rings. The molecule has 1 unspecified atom stereocenters. The van der Waals surface area contributed by atoms with Crippen LogP contribution in [0.1, 0.15) is 12.8 Å². The molecule has 0 bridgehead atoms. The van der Waals surface area contributed by atoms with Crippen molar-refractivity contribution in [3.8, 4) is 0 Å². The molecule has 0 aromatic rings. The Morgan fingerprint density at radius 2 is 1.84 bits per heavy atom. The number of piperazine rings is 1. The summed E-state index contributed by atoms with van der Waals surface area (Å²) < 4.78 is 4.91. The average Bonchev–Trinajstić information content (AvgIpc) is 3.13. The van der Waals surface area contributed by atoms with Crippen LogP contribution in [0.15, 0.2) is 0 Å². The topological polar surface area (TPSA) is 58.8 Å². The van der Waals surface area contributed by atoms with Crippen LogP contribution in [-0.2, 0) is 9.53 Å². The van der Waals surface area contributed by atoms with Crippen LogP contribution in [0.5, 0.6) is 0 Å². The Hall–Kier alpha value is -0.0700. The highest BCUT2D eigenvalue weighted by Gasteiger charge is 2.28. The number of carbonyl (C=O) groups is 1. The van der Waals surface area contributed by atoms with Crippen molar-refractivity contribution in [3.63, 3.8) is 0 Å². The van der Waals surface area contributed by atoms with Crippen LogP contribution >= 0.6 is 24.8 Å². The third-order valence-electron chi connectivity index (χ3n) is 3.56. The predicted octanol–water partition coefficient (Wildman–Crippen LogP) is 0.358. The van der Waals surface area contributed by atoms with E-state index in [2.05, 4.69) is 4.90 Å². The SMILES string of the molecule is COCC(N)C(=O)N1CCN(CC2CC2)CC1.Cl.Cl. The molecule has 19 heavy (non-hydrogen) atoms. The van der Waals surface area contributed by atoms with Gasteiger partial charge in [-0.1, -0.05) is 0 Å². The van der Waals surface area contributed by atoms with E-state index >= 15 is 0 Å². The average molecular weight is 314 g/mol. The maximum atomic E-state index is 11.9. The number of rotatable bonds is 5. The molecule has 0 spiro atoms. The Kier molecular flexibility index (Phi) is 8.94. The Morgan fingerprint density at radius 3 is 2.32 bits per heavy atom. The zero-order valence-corrected chi connectivity index (χ0v) is 13.0. The number of nitrogens with zero attached hydrogens (tertiary/aromatic N) is 2. The lowest BCUT2D eigenvalue weighted by molar-refractivity contribution is -0.135. The summed E-state index contributed by atoms with van der Waals surface area (Å²) >= 11 is 0. The highest BCUT2D eigenvalue weighted by atomic mass is 35.5. The van der Waals surface area contributed by atoms with Crippen LogP contribution in [0.2, 0.25) is 0 Å². The van der Waals surface area contributed by atoms with Crippen molar-refractivity contribution < 1.29 is 9.53 Å². The van der Waals surface area contributed by atoms with Crippen molar-refractivity contribution in [1.29, 1.82) is 0 Å². The second kappa shape index (κ2) is 8.97. The van der Waals surface area contributed by atoms with Crippen molar-refractivity contribution in [2.75, 3.05) is 46.4 Å². The van der Waals surface area contributed by atoms with Gasteiger partial charge in [0.25, 0.3) is 0 Å². The fourth-order valence-electron chi connectivity index (χ4n) is 2.30. The summed E-state index contributed by atoms with van der Waals surface area (Å²) in [5, 5.41) is 0. The van der Waals surface area contributed by atoms with Crippen LogP contribution in [-0.4, -0.2) is 68.2 Å². The molecule has 1 heterocycles. The molecule has 0 aromatic carbocycles. The van der Waals surface area contributed by atoms with Gasteiger partial charge in [0.05, 0.1) is 6.61 Å². The summed E-state index contributed by atoms with van der Waals surface area (Å²) in [5.41, 5.74) is 5.75. The molecule has 5 nitrogen and oxygen atoms in total. The largest absolute Gasteiger partial charge is 0.383 e. The number of nitrogens with two attached hydrogens (primary N) is 1. The normalized spacial score (nSPS) is 21.3. The number of halogens is 2. The van der Waals surface area contributed by atoms with Crippen molar-refractivity contribution in [2.45, 2.75) is 18.9 Å². The Labute approximate surface area is 127 Å². The van der Waals surface area contributed by atoms with Gasteiger partial charge in [0, 0.05) is 39.8 Å². The molecule has 2 rings (SSSR count). The van der Waals surface area contributed by atoms with E-state index in [0.717, 1.165) is 32.1 Å². The fraction of sp³-hybridized carbons (Fsp3) is 0.917. The van der Waals surface area contributed by atoms with Gasteiger partial charge >= 0.3 is 0 Å². The summed E-state index contributed by atoms with van der Waals surface area (Å²) in [7, 11) is 1.57. The van der Waals surface area contributed by atoms with Crippen LogP contribution in [0.25, 0.3) is 0 Å². The van der Waals surface area contributed by atoms with Gasteiger partial charge in [0.2, 0.25) is 5.91 Å². The van der Waals surface area contributed by atoms with E-state index in [-0.39, 0.29) is 30.7 Å². The first-order valence-corrected chi connectivity index (χ1v) is 6.46. The number of ether oxygens (including phenoxy) is 1. The summed E-state index contributed by atoms with van der Waals surface area (Å²) in [6, 6.07) is -0.505. The summed E-state index contributed by atoms with van der Waals surface area (Å²) in [5.74, 6) is 0.950. The standard InChI is InChI=1S/C12H23N3O2.2ClH/c1-17-9-11(13)12(16)15-6-4-14(5-7-15)8-10-2-3-10;;/h10-11H,2-9,13H2,1H3;2*1H. The van der Waals surface area contributed by atoms with Crippen molar-refractivity contribution >= 4 is 30.7 Å². The van der Waals surface area contributed by atoms with Crippen molar-refractivity contribution in [2.24, 2.45) is 11.7 Å². The fourth-order valence-corrected chi connectivity index (χ4v) is 2.30. The lowest BCUT2D eigenvalue weighted by Crippen LogP contribution is -2.54. The Balaban J connectivity index is 0.00000162. The number of hydrogen-bond acceptors (Lipinski definition) is 4. The predicted molar refractivity (Wildman–Crippen MR) is 80.1 cm³/mol. The quantitative estimate of drug-likeness (QED) is 0.796. The number of amides is 1. The second-order valence-corrected chi connectivity index (χ2v) is 5.13. The molecule has 1 aliphatic carbocycles.